The van der Waals surface area contributed by atoms with Gasteiger partial charge in [-0.3, -0.25) is 33.7 Å². The third-order valence-electron chi connectivity index (χ3n) is 12.0. The highest BCUT2D eigenvalue weighted by atomic mass is 32.1. The number of aromatic hydroxyl groups is 1. The first kappa shape index (κ1) is 54.9. The van der Waals surface area contributed by atoms with Crippen LogP contribution in [-0.2, 0) is 39.9 Å². The van der Waals surface area contributed by atoms with Gasteiger partial charge in [0, 0.05) is 49.7 Å². The van der Waals surface area contributed by atoms with Gasteiger partial charge in [-0.2, -0.15) is 0 Å². The molecule has 18 heteroatoms. The van der Waals surface area contributed by atoms with Crippen molar-refractivity contribution in [2.75, 3.05) is 26.9 Å². The fourth-order valence-electron chi connectivity index (χ4n) is 7.99. The Morgan fingerprint density at radius 3 is 2.31 bits per heavy atom. The molecule has 0 saturated carbocycles. The first-order valence-electron chi connectivity index (χ1n) is 23.3. The van der Waals surface area contributed by atoms with Crippen LogP contribution < -0.4 is 16.0 Å². The third kappa shape index (κ3) is 18.4. The highest BCUT2D eigenvalue weighted by Crippen LogP contribution is 2.32. The second kappa shape index (κ2) is 26.7. The van der Waals surface area contributed by atoms with Gasteiger partial charge >= 0.3 is 11.9 Å². The van der Waals surface area contributed by atoms with Gasteiger partial charge in [-0.25, -0.2) is 4.98 Å². The van der Waals surface area contributed by atoms with E-state index in [9.17, 15) is 38.7 Å². The normalized spacial score (nSPS) is 17.2. The minimum Gasteiger partial charge on any atom is -0.508 e. The standard InChI is InChI=1S/C47H76N6O10SSi/c1-11-16-41(56)62-29-53(47(60)42(31(5)12-2)51-45(59)38-17-13-14-23-52(38)8)39(30(3)4)27-40(63-33(7)54)46-50-37(28-64-46)44(58)49-35(26-34-18-20-36(55)21-19-34)25-32(6)43(57)48-22-15-24-65(9,10)61/h18-21,28,30-32,35,38-40,42,55,61H,11-17,22-27,29H2,1-10H3,(H,48,57)(H,49,58)(H,51,59)/t31?,32-,35+,38+,39+,40+,42-/m0/s1. The predicted octanol–water partition coefficient (Wildman–Crippen LogP) is 6.08. The van der Waals surface area contributed by atoms with E-state index < -0.39 is 62.2 Å². The number of phenols is 1. The first-order valence-corrected chi connectivity index (χ1v) is 27.3. The minimum atomic E-state index is -2.24. The minimum absolute atomic E-state index is 0.0452. The molecular weight excluding hydrogens is 869 g/mol. The lowest BCUT2D eigenvalue weighted by molar-refractivity contribution is -0.160. The summed E-state index contributed by atoms with van der Waals surface area (Å²) in [6.07, 6.45) is 4.22. The molecule has 5 N–H and O–H groups in total. The number of hydrogen-bond acceptors (Lipinski definition) is 13. The molecule has 1 aromatic carbocycles. The number of esters is 2. The summed E-state index contributed by atoms with van der Waals surface area (Å²) < 4.78 is 11.6. The topological polar surface area (TPSA) is 217 Å². The van der Waals surface area contributed by atoms with Crippen molar-refractivity contribution in [3.8, 4) is 5.75 Å². The third-order valence-corrected chi connectivity index (χ3v) is 14.5. The molecule has 16 nitrogen and oxygen atoms in total. The lowest BCUT2D eigenvalue weighted by Gasteiger charge is -2.39. The van der Waals surface area contributed by atoms with E-state index in [1.807, 2.05) is 59.7 Å². The average molecular weight is 945 g/mol. The van der Waals surface area contributed by atoms with Crippen molar-refractivity contribution < 1.29 is 48.1 Å². The molecule has 1 fully saturated rings. The van der Waals surface area contributed by atoms with Crippen molar-refractivity contribution in [3.05, 3.63) is 45.9 Å². The van der Waals surface area contributed by atoms with Gasteiger partial charge in [-0.1, -0.05) is 66.5 Å². The van der Waals surface area contributed by atoms with E-state index in [4.69, 9.17) is 9.47 Å². The van der Waals surface area contributed by atoms with Crippen LogP contribution in [0.5, 0.6) is 5.75 Å². The molecule has 1 aliphatic rings. The van der Waals surface area contributed by atoms with E-state index in [1.54, 1.807) is 36.6 Å². The molecule has 4 amide bonds. The molecule has 3 rings (SSSR count). The van der Waals surface area contributed by atoms with Gasteiger partial charge in [-0.15, -0.1) is 11.3 Å². The number of benzene rings is 1. The zero-order valence-electron chi connectivity index (χ0n) is 40.3. The van der Waals surface area contributed by atoms with Gasteiger partial charge in [-0.05, 0) is 101 Å². The molecule has 7 atom stereocenters. The Hall–Kier alpha value is -4.39. The van der Waals surface area contributed by atoms with Crippen LogP contribution in [0.25, 0.3) is 0 Å². The molecule has 2 aromatic rings. The predicted molar refractivity (Wildman–Crippen MR) is 253 cm³/mol. The maximum atomic E-state index is 14.9. The van der Waals surface area contributed by atoms with Crippen LogP contribution in [0.1, 0.15) is 133 Å². The molecule has 1 aliphatic heterocycles. The van der Waals surface area contributed by atoms with Crippen molar-refractivity contribution >= 4 is 55.2 Å². The van der Waals surface area contributed by atoms with E-state index in [-0.39, 0.29) is 60.7 Å². The maximum absolute atomic E-state index is 14.9. The van der Waals surface area contributed by atoms with E-state index >= 15 is 0 Å². The Bertz CT molecular complexity index is 1860. The van der Waals surface area contributed by atoms with Crippen LogP contribution in [0.15, 0.2) is 29.6 Å². The largest absolute Gasteiger partial charge is 0.508 e. The van der Waals surface area contributed by atoms with Crippen LogP contribution in [0.2, 0.25) is 19.1 Å². The van der Waals surface area contributed by atoms with E-state index in [2.05, 4.69) is 20.9 Å². The molecule has 364 valence electrons. The number of nitrogens with zero attached hydrogens (tertiary/aromatic N) is 3. The summed E-state index contributed by atoms with van der Waals surface area (Å²) in [5, 5.41) is 20.8. The number of ether oxygens (including phenoxy) is 2. The van der Waals surface area contributed by atoms with Gasteiger partial charge in [0.1, 0.15) is 22.5 Å². The van der Waals surface area contributed by atoms with Crippen LogP contribution in [0, 0.1) is 17.8 Å². The van der Waals surface area contributed by atoms with Gasteiger partial charge in [0.15, 0.2) is 21.2 Å². The van der Waals surface area contributed by atoms with E-state index in [0.29, 0.717) is 56.1 Å². The number of phenolic OH excluding ortho intramolecular Hbond substituents is 1. The fraction of sp³-hybridized carbons (Fsp3) is 0.681. The van der Waals surface area contributed by atoms with Gasteiger partial charge in [0.2, 0.25) is 17.7 Å². The summed E-state index contributed by atoms with van der Waals surface area (Å²) in [4.78, 5) is 99.5. The lowest BCUT2D eigenvalue weighted by atomic mass is 9.92. The molecule has 0 aliphatic carbocycles. The number of carbonyl (C=O) groups excluding carboxylic acids is 6. The number of piperidine rings is 1. The Balaban J connectivity index is 1.92. The Morgan fingerprint density at radius 1 is 1.02 bits per heavy atom. The van der Waals surface area contributed by atoms with E-state index in [0.717, 1.165) is 36.3 Å². The number of thiazole rings is 1. The van der Waals surface area contributed by atoms with Crippen LogP contribution in [-0.4, -0.2) is 120 Å². The van der Waals surface area contributed by atoms with Crippen molar-refractivity contribution in [2.45, 2.75) is 162 Å². The van der Waals surface area contributed by atoms with E-state index in [1.165, 1.54) is 11.8 Å². The molecule has 0 spiro atoms. The summed E-state index contributed by atoms with van der Waals surface area (Å²) in [6.45, 7) is 17.1. The summed E-state index contributed by atoms with van der Waals surface area (Å²) in [7, 11) is -0.335. The van der Waals surface area contributed by atoms with Gasteiger partial charge in [0.25, 0.3) is 5.91 Å². The first-order chi connectivity index (χ1) is 30.6. The van der Waals surface area contributed by atoms with Gasteiger partial charge in [0.05, 0.1) is 6.04 Å². The Labute approximate surface area is 391 Å². The number of aromatic nitrogens is 1. The number of likely N-dealkylation sites (tertiary alicyclic amines) is 1. The highest BCUT2D eigenvalue weighted by Gasteiger charge is 2.39. The SMILES string of the molecule is CCCC(=O)OCN(C(=O)[C@@H](NC(=O)[C@H]1CCCCN1C)C(C)CC)[C@H](C[C@@H](OC(C)=O)c1nc(C(=O)N[C@@H](Cc2ccc(O)cc2)C[C@H](C)C(=O)NCCC[Si](C)(C)O)cs1)C(C)C. The highest BCUT2D eigenvalue weighted by molar-refractivity contribution is 7.09. The average Bonchev–Trinajstić information content (AvgIpc) is 3.74. The Kier molecular flexibility index (Phi) is 22.5. The monoisotopic (exact) mass is 945 g/mol. The molecule has 1 saturated heterocycles. The smallest absolute Gasteiger partial charge is 0.307 e. The molecule has 1 aromatic heterocycles. The molecule has 0 radical (unpaired) electrons. The molecular formula is C47H76N6O10SSi. The fourth-order valence-corrected chi connectivity index (χ4v) is 9.87. The quantitative estimate of drug-likeness (QED) is 0.0314. The lowest BCUT2D eigenvalue weighted by Crippen LogP contribution is -2.59. The second-order valence-electron chi connectivity index (χ2n) is 18.7. The number of likely N-dealkylation sites (N-methyl/N-ethyl adjacent to an activating group) is 1. The summed E-state index contributed by atoms with van der Waals surface area (Å²) in [6, 6.07) is 4.79. The maximum Gasteiger partial charge on any atom is 0.307 e. The summed E-state index contributed by atoms with van der Waals surface area (Å²) in [5.74, 6) is -3.31. The number of hydrogen-bond donors (Lipinski definition) is 5. The molecule has 2 heterocycles. The van der Waals surface area contributed by atoms with Gasteiger partial charge < -0.3 is 40.2 Å². The number of amides is 4. The number of nitrogens with one attached hydrogen (secondary N) is 3. The number of carbonyl (C=O) groups is 6. The summed E-state index contributed by atoms with van der Waals surface area (Å²) in [5.41, 5.74) is 0.904. The van der Waals surface area contributed by atoms with Crippen LogP contribution >= 0.6 is 11.3 Å². The van der Waals surface area contributed by atoms with Crippen molar-refractivity contribution in [2.24, 2.45) is 17.8 Å². The van der Waals surface area contributed by atoms with Crippen molar-refractivity contribution in [1.29, 1.82) is 0 Å². The van der Waals surface area contributed by atoms with Crippen molar-refractivity contribution in [3.63, 3.8) is 0 Å². The molecule has 1 unspecified atom stereocenters. The van der Waals surface area contributed by atoms with Crippen LogP contribution in [0.4, 0.5) is 0 Å². The Morgan fingerprint density at radius 2 is 1.71 bits per heavy atom. The van der Waals surface area contributed by atoms with Crippen molar-refractivity contribution in [1.82, 2.24) is 30.7 Å². The second-order valence-corrected chi connectivity index (χ2v) is 23.7. The molecule has 0 bridgehead atoms. The zero-order valence-corrected chi connectivity index (χ0v) is 42.1. The van der Waals surface area contributed by atoms with Crippen LogP contribution in [0.3, 0.4) is 0 Å². The zero-order chi connectivity index (χ0) is 48.4. The summed E-state index contributed by atoms with van der Waals surface area (Å²) >= 11 is 1.12. The number of rotatable bonds is 26. The molecule has 65 heavy (non-hydrogen) atoms.